The molecular formula is C31H40N6O5. The Morgan fingerprint density at radius 2 is 0.905 bits per heavy atom. The van der Waals surface area contributed by atoms with E-state index in [-0.39, 0.29) is 35.1 Å². The fourth-order valence-corrected chi connectivity index (χ4v) is 4.13. The zero-order valence-electron chi connectivity index (χ0n) is 24.7. The van der Waals surface area contributed by atoms with Crippen LogP contribution < -0.4 is 22.1 Å². The van der Waals surface area contributed by atoms with Crippen LogP contribution in [-0.2, 0) is 9.59 Å². The molecule has 0 aliphatic carbocycles. The minimum Gasteiger partial charge on any atom is -0.369 e. The Labute approximate surface area is 246 Å². The Morgan fingerprint density at radius 3 is 1.29 bits per heavy atom. The van der Waals surface area contributed by atoms with Gasteiger partial charge in [0.2, 0.25) is 17.8 Å². The van der Waals surface area contributed by atoms with Gasteiger partial charge in [-0.05, 0) is 76.9 Å². The zero-order chi connectivity index (χ0) is 31.2. The first-order valence-corrected chi connectivity index (χ1v) is 13.9. The second kappa shape index (κ2) is 16.6. The summed E-state index contributed by atoms with van der Waals surface area (Å²) in [6.45, 7) is 5.97. The van der Waals surface area contributed by atoms with Gasteiger partial charge in [0.25, 0.3) is 0 Å². The highest BCUT2D eigenvalue weighted by Gasteiger charge is 2.11. The molecule has 0 saturated carbocycles. The van der Waals surface area contributed by atoms with Crippen LogP contribution in [0.25, 0.3) is 0 Å². The molecule has 0 aliphatic rings. The Bertz CT molecular complexity index is 1360. The zero-order valence-corrected chi connectivity index (χ0v) is 24.7. The second-order valence-corrected chi connectivity index (χ2v) is 10.2. The van der Waals surface area contributed by atoms with E-state index in [0.717, 1.165) is 25.7 Å². The number of hydrogen-bond acceptors (Lipinski definition) is 7. The van der Waals surface area contributed by atoms with E-state index in [4.69, 9.17) is 11.5 Å². The van der Waals surface area contributed by atoms with Crippen LogP contribution in [0.5, 0.6) is 0 Å². The number of hydrogen-bond donors (Lipinski definition) is 4. The first-order chi connectivity index (χ1) is 19.8. The normalized spacial score (nSPS) is 11.0. The molecule has 224 valence electrons. The summed E-state index contributed by atoms with van der Waals surface area (Å²) in [4.78, 5) is 60.3. The summed E-state index contributed by atoms with van der Waals surface area (Å²) in [5.74, 6) is -1.01. The maximum absolute atomic E-state index is 12.5. The molecule has 0 spiro atoms. The molecule has 2 amide bonds. The lowest BCUT2D eigenvalue weighted by Gasteiger charge is -2.10. The van der Waals surface area contributed by atoms with Crippen LogP contribution in [0.2, 0.25) is 0 Å². The number of rotatable bonds is 16. The molecule has 6 N–H and O–H groups in total. The number of nitrogens with zero attached hydrogens (tertiary/aromatic N) is 2. The van der Waals surface area contributed by atoms with Crippen molar-refractivity contribution in [1.29, 1.82) is 0 Å². The van der Waals surface area contributed by atoms with E-state index in [1.165, 1.54) is 26.8 Å². The Morgan fingerprint density at radius 1 is 0.548 bits per heavy atom. The number of nitrogens with one attached hydrogen (secondary N) is 2. The average molecular weight is 577 g/mol. The van der Waals surface area contributed by atoms with Gasteiger partial charge in [-0.25, -0.2) is 0 Å². The van der Waals surface area contributed by atoms with Gasteiger partial charge in [0, 0.05) is 46.5 Å². The highest BCUT2D eigenvalue weighted by atomic mass is 16.2. The van der Waals surface area contributed by atoms with Crippen LogP contribution in [0.1, 0.15) is 116 Å². The number of carbonyl (C=O) groups excluding carboxylic acids is 5. The van der Waals surface area contributed by atoms with Gasteiger partial charge in [-0.15, -0.1) is 5.10 Å². The van der Waals surface area contributed by atoms with Gasteiger partial charge >= 0.3 is 0 Å². The molecule has 0 radical (unpaired) electrons. The van der Waals surface area contributed by atoms with Gasteiger partial charge in [-0.2, -0.15) is 5.10 Å². The molecule has 0 heterocycles. The van der Waals surface area contributed by atoms with Crippen LogP contribution in [0, 0.1) is 0 Å². The molecule has 42 heavy (non-hydrogen) atoms. The van der Waals surface area contributed by atoms with Crippen LogP contribution in [0.3, 0.4) is 0 Å². The number of Topliss-reactive ketones (excluding diaryl/α,β-unsaturated/α-hetero) is 3. The molecule has 0 unspecified atom stereocenters. The van der Waals surface area contributed by atoms with Crippen LogP contribution in [-0.4, -0.2) is 40.8 Å². The molecule has 0 aliphatic heterocycles. The predicted octanol–water partition coefficient (Wildman–Crippen LogP) is 4.99. The summed E-state index contributed by atoms with van der Waals surface area (Å²) in [5, 5.41) is 13.2. The van der Waals surface area contributed by atoms with E-state index in [1.54, 1.807) is 37.3 Å². The average Bonchev–Trinajstić information content (AvgIpc) is 2.92. The number of guanidine groups is 1. The van der Waals surface area contributed by atoms with Gasteiger partial charge in [0.1, 0.15) is 0 Å². The molecule has 0 aromatic heterocycles. The standard InChI is InChI=1S/C31H40N6O5/c1-19(36-37-31(32)33)23-13-24(20(2)38)16-27(15-23)34-29(41)11-9-7-5-6-8-10-12-30(42)35-28-17-25(21(3)39)14-26(18-28)22(4)40/h13-18H,5-12H2,1-4H3,(H,34,41)(H,35,42)(H4,32,33,37)/b36-19+. The van der Waals surface area contributed by atoms with Crippen molar-refractivity contribution in [2.24, 2.45) is 21.7 Å². The van der Waals surface area contributed by atoms with E-state index in [9.17, 15) is 24.0 Å². The minimum absolute atomic E-state index is 0.149. The molecule has 0 fully saturated rings. The Hall–Kier alpha value is -4.67. The van der Waals surface area contributed by atoms with E-state index in [0.29, 0.717) is 65.0 Å². The number of benzene rings is 2. The Kier molecular flexibility index (Phi) is 13.2. The van der Waals surface area contributed by atoms with Crippen molar-refractivity contribution in [3.05, 3.63) is 58.7 Å². The van der Waals surface area contributed by atoms with Gasteiger partial charge < -0.3 is 22.1 Å². The second-order valence-electron chi connectivity index (χ2n) is 10.2. The third-order valence-electron chi connectivity index (χ3n) is 6.44. The molecule has 11 nitrogen and oxygen atoms in total. The monoisotopic (exact) mass is 576 g/mol. The van der Waals surface area contributed by atoms with Crippen molar-refractivity contribution in [3.8, 4) is 0 Å². The molecule has 2 rings (SSSR count). The molecular weight excluding hydrogens is 536 g/mol. The van der Waals surface area contributed by atoms with Crippen molar-refractivity contribution in [2.45, 2.75) is 79.1 Å². The topological polar surface area (TPSA) is 186 Å². The number of carbonyl (C=O) groups is 5. The first kappa shape index (κ1) is 33.5. The lowest BCUT2D eigenvalue weighted by Crippen LogP contribution is -2.22. The molecule has 2 aromatic carbocycles. The third-order valence-corrected chi connectivity index (χ3v) is 6.44. The number of anilines is 2. The minimum atomic E-state index is -0.186. The SMILES string of the molecule is CC(=O)c1cc(NC(=O)CCCCCCCCC(=O)Nc2cc(C(C)=O)cc(/C(C)=N/N=C(N)N)c2)cc(C(C)=O)c1. The van der Waals surface area contributed by atoms with Crippen LogP contribution in [0.15, 0.2) is 46.6 Å². The van der Waals surface area contributed by atoms with Gasteiger partial charge in [-0.1, -0.05) is 25.7 Å². The smallest absolute Gasteiger partial charge is 0.224 e. The van der Waals surface area contributed by atoms with Crippen molar-refractivity contribution in [2.75, 3.05) is 10.6 Å². The summed E-state index contributed by atoms with van der Waals surface area (Å²) in [6, 6.07) is 9.68. The van der Waals surface area contributed by atoms with Crippen molar-refractivity contribution < 1.29 is 24.0 Å². The summed E-state index contributed by atoms with van der Waals surface area (Å²) >= 11 is 0. The van der Waals surface area contributed by atoms with Crippen molar-refractivity contribution in [1.82, 2.24) is 0 Å². The molecule has 0 atom stereocenters. The highest BCUT2D eigenvalue weighted by molar-refractivity contribution is 6.05. The third kappa shape index (κ3) is 11.8. The maximum atomic E-state index is 12.5. The van der Waals surface area contributed by atoms with E-state index in [1.807, 2.05) is 0 Å². The maximum Gasteiger partial charge on any atom is 0.224 e. The van der Waals surface area contributed by atoms with Crippen LogP contribution in [0.4, 0.5) is 11.4 Å². The van der Waals surface area contributed by atoms with Crippen LogP contribution >= 0.6 is 0 Å². The summed E-state index contributed by atoms with van der Waals surface area (Å²) in [6.07, 6.45) is 5.69. The van der Waals surface area contributed by atoms with E-state index in [2.05, 4.69) is 20.8 Å². The fourth-order valence-electron chi connectivity index (χ4n) is 4.13. The summed E-state index contributed by atoms with van der Waals surface area (Å²) in [7, 11) is 0. The number of ketones is 3. The lowest BCUT2D eigenvalue weighted by atomic mass is 10.0. The molecule has 11 heteroatoms. The lowest BCUT2D eigenvalue weighted by molar-refractivity contribution is -0.117. The number of nitrogens with two attached hydrogens (primary N) is 2. The Balaban J connectivity index is 1.73. The van der Waals surface area contributed by atoms with Gasteiger partial charge in [-0.3, -0.25) is 24.0 Å². The quantitative estimate of drug-likeness (QED) is 0.0712. The van der Waals surface area contributed by atoms with Gasteiger partial charge in [0.05, 0.1) is 5.71 Å². The number of amides is 2. The van der Waals surface area contributed by atoms with E-state index < -0.39 is 0 Å². The van der Waals surface area contributed by atoms with E-state index >= 15 is 0 Å². The fraction of sp³-hybridized carbons (Fsp3) is 0.387. The molecule has 0 bridgehead atoms. The first-order valence-electron chi connectivity index (χ1n) is 13.9. The van der Waals surface area contributed by atoms with Crippen molar-refractivity contribution in [3.63, 3.8) is 0 Å². The highest BCUT2D eigenvalue weighted by Crippen LogP contribution is 2.19. The largest absolute Gasteiger partial charge is 0.369 e. The summed E-state index contributed by atoms with van der Waals surface area (Å²) < 4.78 is 0. The predicted molar refractivity (Wildman–Crippen MR) is 165 cm³/mol. The van der Waals surface area contributed by atoms with Crippen molar-refractivity contribution >= 4 is 52.2 Å². The van der Waals surface area contributed by atoms with Gasteiger partial charge in [0.15, 0.2) is 17.3 Å². The summed E-state index contributed by atoms with van der Waals surface area (Å²) in [5.41, 5.74) is 13.9. The molecule has 0 saturated heterocycles. The molecule has 2 aromatic rings. The number of unbranched alkanes of at least 4 members (excludes halogenated alkanes) is 5.